The van der Waals surface area contributed by atoms with Crippen molar-refractivity contribution in [2.24, 2.45) is 0 Å². The Morgan fingerprint density at radius 3 is 2.64 bits per heavy atom. The number of halogens is 1. The number of nitrogens with one attached hydrogen (secondary N) is 1. The first-order valence-corrected chi connectivity index (χ1v) is 10.2. The van der Waals surface area contributed by atoms with Crippen LogP contribution in [0.3, 0.4) is 0 Å². The van der Waals surface area contributed by atoms with Gasteiger partial charge >= 0.3 is 0 Å². The Morgan fingerprint density at radius 2 is 2.04 bits per heavy atom. The fourth-order valence-electron chi connectivity index (χ4n) is 2.41. The Hall–Kier alpha value is -1.64. The van der Waals surface area contributed by atoms with Gasteiger partial charge in [-0.25, -0.2) is 13.1 Å². The highest BCUT2D eigenvalue weighted by Gasteiger charge is 2.29. The lowest BCUT2D eigenvalue weighted by Gasteiger charge is -2.17. The van der Waals surface area contributed by atoms with Gasteiger partial charge in [-0.1, -0.05) is 0 Å². The fourth-order valence-corrected chi connectivity index (χ4v) is 4.15. The van der Waals surface area contributed by atoms with Gasteiger partial charge in [0.1, 0.15) is 11.5 Å². The van der Waals surface area contributed by atoms with Crippen molar-refractivity contribution in [3.8, 4) is 0 Å². The summed E-state index contributed by atoms with van der Waals surface area (Å²) in [6.07, 6.45) is 1.71. The molecular weight excluding hydrogens is 408 g/mol. The average Bonchev–Trinajstić information content (AvgIpc) is 3.26. The van der Waals surface area contributed by atoms with Gasteiger partial charge in [0.25, 0.3) is 5.91 Å². The third-order valence-electron chi connectivity index (χ3n) is 3.91. The van der Waals surface area contributed by atoms with Crippen LogP contribution in [0, 0.1) is 6.92 Å². The second kappa shape index (κ2) is 6.93. The summed E-state index contributed by atoms with van der Waals surface area (Å²) in [5.41, 5.74) is 0.296. The van der Waals surface area contributed by atoms with E-state index in [1.54, 1.807) is 13.1 Å². The minimum Gasteiger partial charge on any atom is -0.464 e. The highest BCUT2D eigenvalue weighted by atomic mass is 79.9. The molecule has 0 saturated heterocycles. The molecule has 134 valence electrons. The predicted molar refractivity (Wildman–Crippen MR) is 96.7 cm³/mol. The van der Waals surface area contributed by atoms with Crippen LogP contribution in [0.15, 0.2) is 44.1 Å². The van der Waals surface area contributed by atoms with E-state index in [2.05, 4.69) is 20.7 Å². The van der Waals surface area contributed by atoms with Crippen LogP contribution in [0.4, 0.5) is 0 Å². The van der Waals surface area contributed by atoms with Crippen molar-refractivity contribution in [1.29, 1.82) is 0 Å². The van der Waals surface area contributed by atoms with Crippen LogP contribution in [0.5, 0.6) is 0 Å². The van der Waals surface area contributed by atoms with E-state index in [4.69, 9.17) is 4.42 Å². The van der Waals surface area contributed by atoms with E-state index in [1.807, 2.05) is 19.1 Å². The zero-order chi connectivity index (χ0) is 18.2. The summed E-state index contributed by atoms with van der Waals surface area (Å²) in [4.78, 5) is 14.3. The molecule has 1 N–H and O–H groups in total. The van der Waals surface area contributed by atoms with Crippen LogP contribution in [-0.2, 0) is 16.6 Å². The molecule has 0 atom stereocenters. The second-order valence-electron chi connectivity index (χ2n) is 6.21. The lowest BCUT2D eigenvalue weighted by atomic mass is 10.2. The molecule has 2 aromatic rings. The highest BCUT2D eigenvalue weighted by molar-refractivity contribution is 9.10. The van der Waals surface area contributed by atoms with Crippen molar-refractivity contribution in [2.45, 2.75) is 37.2 Å². The van der Waals surface area contributed by atoms with Crippen molar-refractivity contribution in [3.05, 3.63) is 51.9 Å². The van der Waals surface area contributed by atoms with Crippen molar-refractivity contribution in [2.75, 3.05) is 7.05 Å². The average molecular weight is 427 g/mol. The molecule has 1 amide bonds. The summed E-state index contributed by atoms with van der Waals surface area (Å²) in [5.74, 6) is 1.16. The number of hydrogen-bond acceptors (Lipinski definition) is 4. The summed E-state index contributed by atoms with van der Waals surface area (Å²) in [5, 5.41) is 0. The van der Waals surface area contributed by atoms with Gasteiger partial charge in [0, 0.05) is 17.6 Å². The van der Waals surface area contributed by atoms with Gasteiger partial charge in [-0.15, -0.1) is 0 Å². The van der Waals surface area contributed by atoms with Crippen LogP contribution in [0.2, 0.25) is 0 Å². The number of aryl methyl sites for hydroxylation is 1. The van der Waals surface area contributed by atoms with Crippen LogP contribution < -0.4 is 4.72 Å². The molecule has 25 heavy (non-hydrogen) atoms. The van der Waals surface area contributed by atoms with Gasteiger partial charge in [-0.3, -0.25) is 4.79 Å². The largest absolute Gasteiger partial charge is 0.464 e. The minimum absolute atomic E-state index is 0.0117. The van der Waals surface area contributed by atoms with Crippen LogP contribution >= 0.6 is 15.9 Å². The zero-order valence-electron chi connectivity index (χ0n) is 14.0. The molecule has 1 aliphatic carbocycles. The van der Waals surface area contributed by atoms with Gasteiger partial charge in [-0.05, 0) is 66.0 Å². The minimum atomic E-state index is -3.61. The predicted octanol–water partition coefficient (Wildman–Crippen LogP) is 3.06. The van der Waals surface area contributed by atoms with E-state index in [0.717, 1.165) is 18.6 Å². The molecule has 0 spiro atoms. The fraction of sp³-hybridized carbons (Fsp3) is 0.353. The molecule has 1 aliphatic rings. The van der Waals surface area contributed by atoms with Crippen molar-refractivity contribution >= 4 is 31.9 Å². The number of carbonyl (C=O) groups excluding carboxylic acids is 1. The standard InChI is InChI=1S/C17H19BrN2O4S/c1-11-3-6-13(24-11)10-20(2)17(21)15-9-14(7-8-16(15)18)25(22,23)19-12-4-5-12/h3,6-9,12,19H,4-5,10H2,1-2H3. The van der Waals surface area contributed by atoms with E-state index in [9.17, 15) is 13.2 Å². The van der Waals surface area contributed by atoms with Crippen molar-refractivity contribution < 1.29 is 17.6 Å². The molecule has 1 aromatic carbocycles. The zero-order valence-corrected chi connectivity index (χ0v) is 16.4. The third-order valence-corrected chi connectivity index (χ3v) is 6.12. The smallest absolute Gasteiger partial charge is 0.255 e. The Bertz CT molecular complexity index is 903. The molecule has 3 rings (SSSR count). The third kappa shape index (κ3) is 4.31. The Balaban J connectivity index is 1.82. The number of rotatable bonds is 6. The molecule has 1 fully saturated rings. The van der Waals surface area contributed by atoms with E-state index in [0.29, 0.717) is 22.3 Å². The van der Waals surface area contributed by atoms with Crippen LogP contribution in [0.1, 0.15) is 34.7 Å². The topological polar surface area (TPSA) is 79.6 Å². The summed E-state index contributed by atoms with van der Waals surface area (Å²) in [7, 11) is -1.96. The lowest BCUT2D eigenvalue weighted by Crippen LogP contribution is -2.28. The second-order valence-corrected chi connectivity index (χ2v) is 8.78. The first kappa shape index (κ1) is 18.2. The van der Waals surface area contributed by atoms with Crippen molar-refractivity contribution in [1.82, 2.24) is 9.62 Å². The summed E-state index contributed by atoms with van der Waals surface area (Å²) < 4.78 is 33.4. The molecule has 0 aliphatic heterocycles. The van der Waals surface area contributed by atoms with Gasteiger partial charge < -0.3 is 9.32 Å². The van der Waals surface area contributed by atoms with E-state index in [-0.39, 0.29) is 16.8 Å². The quantitative estimate of drug-likeness (QED) is 0.769. The molecule has 1 saturated carbocycles. The molecular formula is C17H19BrN2O4S. The molecule has 8 heteroatoms. The monoisotopic (exact) mass is 426 g/mol. The van der Waals surface area contributed by atoms with Gasteiger partial charge in [0.05, 0.1) is 17.0 Å². The number of benzene rings is 1. The van der Waals surface area contributed by atoms with Crippen LogP contribution in [-0.4, -0.2) is 32.3 Å². The maximum atomic E-state index is 12.7. The summed E-state index contributed by atoms with van der Waals surface area (Å²) in [6, 6.07) is 8.13. The Labute approximate surface area is 155 Å². The van der Waals surface area contributed by atoms with Gasteiger partial charge in [0.15, 0.2) is 0 Å². The molecule has 6 nitrogen and oxygen atoms in total. The van der Waals surface area contributed by atoms with Gasteiger partial charge in [0.2, 0.25) is 10.0 Å². The van der Waals surface area contributed by atoms with Crippen LogP contribution in [0.25, 0.3) is 0 Å². The normalized spacial score (nSPS) is 14.5. The summed E-state index contributed by atoms with van der Waals surface area (Å²) in [6.45, 7) is 2.14. The number of carbonyl (C=O) groups is 1. The maximum absolute atomic E-state index is 12.7. The Kier molecular flexibility index (Phi) is 5.04. The number of nitrogens with zero attached hydrogens (tertiary/aromatic N) is 1. The maximum Gasteiger partial charge on any atom is 0.255 e. The van der Waals surface area contributed by atoms with E-state index in [1.165, 1.54) is 17.0 Å². The SMILES string of the molecule is Cc1ccc(CN(C)C(=O)c2cc(S(=O)(=O)NC3CC3)ccc2Br)o1. The first-order chi connectivity index (χ1) is 11.8. The lowest BCUT2D eigenvalue weighted by molar-refractivity contribution is 0.0774. The van der Waals surface area contributed by atoms with Gasteiger partial charge in [-0.2, -0.15) is 0 Å². The van der Waals surface area contributed by atoms with E-state index >= 15 is 0 Å². The van der Waals surface area contributed by atoms with Crippen molar-refractivity contribution in [3.63, 3.8) is 0 Å². The number of sulfonamides is 1. The number of hydrogen-bond donors (Lipinski definition) is 1. The molecule has 0 radical (unpaired) electrons. The first-order valence-electron chi connectivity index (χ1n) is 7.89. The number of furan rings is 1. The molecule has 0 unspecified atom stereocenters. The Morgan fingerprint density at radius 1 is 1.32 bits per heavy atom. The molecule has 1 aromatic heterocycles. The molecule has 1 heterocycles. The summed E-state index contributed by atoms with van der Waals surface area (Å²) >= 11 is 3.33. The van der Waals surface area contributed by atoms with E-state index < -0.39 is 10.0 Å². The number of amides is 1. The molecule has 0 bridgehead atoms. The highest BCUT2D eigenvalue weighted by Crippen LogP contribution is 2.26.